The normalized spacial score (nSPS) is 10.9. The lowest BCUT2D eigenvalue weighted by atomic mass is 10.1. The van der Waals surface area contributed by atoms with Gasteiger partial charge in [0.1, 0.15) is 12.4 Å². The van der Waals surface area contributed by atoms with Crippen molar-refractivity contribution in [3.63, 3.8) is 0 Å². The van der Waals surface area contributed by atoms with Crippen LogP contribution in [0.1, 0.15) is 27.0 Å². The molecule has 1 aromatic heterocycles. The highest BCUT2D eigenvalue weighted by Gasteiger charge is 2.21. The molecule has 0 aliphatic rings. The predicted molar refractivity (Wildman–Crippen MR) is 152 cm³/mol. The first kappa shape index (κ1) is 26.0. The average molecular weight is 540 g/mol. The number of benzene rings is 4. The molecule has 1 heterocycles. The molecule has 7 nitrogen and oxygen atoms in total. The second-order valence-corrected chi connectivity index (χ2v) is 9.58. The highest BCUT2D eigenvalue weighted by atomic mass is 35.5. The van der Waals surface area contributed by atoms with Gasteiger partial charge in [-0.25, -0.2) is 0 Å². The summed E-state index contributed by atoms with van der Waals surface area (Å²) in [5.74, 6) is 0.442. The first-order valence-corrected chi connectivity index (χ1v) is 12.9. The molecule has 0 spiro atoms. The number of fused-ring (bicyclic) bond motifs is 1. The zero-order valence-electron chi connectivity index (χ0n) is 21.0. The number of halogens is 1. The van der Waals surface area contributed by atoms with E-state index in [0.717, 1.165) is 33.3 Å². The van der Waals surface area contributed by atoms with Crippen LogP contribution in [0.3, 0.4) is 0 Å². The maximum atomic E-state index is 13.6. The van der Waals surface area contributed by atoms with Gasteiger partial charge in [-0.05, 0) is 47.4 Å². The molecule has 0 atom stereocenters. The van der Waals surface area contributed by atoms with E-state index >= 15 is 0 Å². The Kier molecular flexibility index (Phi) is 7.89. The van der Waals surface area contributed by atoms with Crippen molar-refractivity contribution in [3.05, 3.63) is 141 Å². The molecule has 0 aliphatic carbocycles. The fourth-order valence-electron chi connectivity index (χ4n) is 4.46. The van der Waals surface area contributed by atoms with Gasteiger partial charge in [0, 0.05) is 42.3 Å². The van der Waals surface area contributed by atoms with Crippen molar-refractivity contribution in [2.24, 2.45) is 0 Å². The number of ether oxygens (including phenoxy) is 1. The lowest BCUT2D eigenvalue weighted by Crippen LogP contribution is -2.32. The lowest BCUT2D eigenvalue weighted by Gasteiger charge is -2.23. The predicted octanol–water partition coefficient (Wildman–Crippen LogP) is 7.19. The molecule has 5 rings (SSSR count). The Hall–Kier alpha value is -4.62. The summed E-state index contributed by atoms with van der Waals surface area (Å²) in [6, 6.07) is 29.5. The van der Waals surface area contributed by atoms with Gasteiger partial charge in [0.05, 0.1) is 15.5 Å². The number of carbonyl (C=O) groups excluding carboxylic acids is 1. The van der Waals surface area contributed by atoms with Crippen LogP contribution in [0.5, 0.6) is 5.75 Å². The van der Waals surface area contributed by atoms with Crippen LogP contribution in [0.15, 0.2) is 103 Å². The quantitative estimate of drug-likeness (QED) is 0.150. The van der Waals surface area contributed by atoms with Gasteiger partial charge in [-0.2, -0.15) is 0 Å². The van der Waals surface area contributed by atoms with Gasteiger partial charge in [0.15, 0.2) is 0 Å². The zero-order chi connectivity index (χ0) is 27.2. The smallest absolute Gasteiger partial charge is 0.270 e. The summed E-state index contributed by atoms with van der Waals surface area (Å²) in [5.41, 5.74) is 4.21. The monoisotopic (exact) mass is 539 g/mol. The van der Waals surface area contributed by atoms with E-state index in [1.165, 1.54) is 18.2 Å². The third-order valence-corrected chi connectivity index (χ3v) is 6.86. The van der Waals surface area contributed by atoms with E-state index < -0.39 is 4.92 Å². The maximum absolute atomic E-state index is 13.6. The lowest BCUT2D eigenvalue weighted by molar-refractivity contribution is -0.384. The highest BCUT2D eigenvalue weighted by Crippen LogP contribution is 2.26. The number of nitrogens with zero attached hydrogens (tertiary/aromatic N) is 2. The molecular weight excluding hydrogens is 514 g/mol. The Morgan fingerprint density at radius 1 is 0.923 bits per heavy atom. The van der Waals surface area contributed by atoms with E-state index in [1.54, 1.807) is 4.90 Å². The third kappa shape index (κ3) is 6.27. The number of aromatic nitrogens is 1. The zero-order valence-corrected chi connectivity index (χ0v) is 21.8. The summed E-state index contributed by atoms with van der Waals surface area (Å²) in [7, 11) is 0. The van der Waals surface area contributed by atoms with Crippen LogP contribution >= 0.6 is 11.6 Å². The van der Waals surface area contributed by atoms with Crippen LogP contribution in [-0.2, 0) is 19.6 Å². The fourth-order valence-corrected chi connectivity index (χ4v) is 4.72. The summed E-state index contributed by atoms with van der Waals surface area (Å²) in [6.45, 7) is 1.24. The van der Waals surface area contributed by atoms with Crippen LogP contribution in [0, 0.1) is 10.1 Å². The summed E-state index contributed by atoms with van der Waals surface area (Å²) in [5, 5.41) is 12.3. The Bertz CT molecular complexity index is 1600. The molecule has 1 amide bonds. The minimum atomic E-state index is -0.531. The van der Waals surface area contributed by atoms with Crippen molar-refractivity contribution in [3.8, 4) is 5.75 Å². The molecule has 8 heteroatoms. The van der Waals surface area contributed by atoms with Crippen molar-refractivity contribution in [2.45, 2.75) is 19.6 Å². The Balaban J connectivity index is 1.34. The first-order chi connectivity index (χ1) is 19.0. The number of rotatable bonds is 10. The minimum absolute atomic E-state index is 0.0518. The van der Waals surface area contributed by atoms with Crippen molar-refractivity contribution in [2.75, 3.05) is 6.54 Å². The van der Waals surface area contributed by atoms with Gasteiger partial charge in [0.25, 0.3) is 11.6 Å². The highest BCUT2D eigenvalue weighted by molar-refractivity contribution is 6.34. The van der Waals surface area contributed by atoms with Crippen molar-refractivity contribution >= 4 is 34.1 Å². The number of nitrogens with one attached hydrogen (secondary N) is 1. The number of hydrogen-bond donors (Lipinski definition) is 1. The largest absolute Gasteiger partial charge is 0.489 e. The number of H-pyrrole nitrogens is 1. The maximum Gasteiger partial charge on any atom is 0.270 e. The van der Waals surface area contributed by atoms with Crippen LogP contribution in [-0.4, -0.2) is 27.3 Å². The van der Waals surface area contributed by atoms with Crippen molar-refractivity contribution < 1.29 is 14.5 Å². The van der Waals surface area contributed by atoms with Gasteiger partial charge >= 0.3 is 0 Å². The molecule has 0 bridgehead atoms. The van der Waals surface area contributed by atoms with Gasteiger partial charge in [0.2, 0.25) is 0 Å². The number of para-hydroxylation sites is 1. The van der Waals surface area contributed by atoms with E-state index in [-0.39, 0.29) is 22.2 Å². The molecule has 39 heavy (non-hydrogen) atoms. The van der Waals surface area contributed by atoms with Crippen molar-refractivity contribution in [1.29, 1.82) is 0 Å². The third-order valence-electron chi connectivity index (χ3n) is 6.55. The van der Waals surface area contributed by atoms with Crippen molar-refractivity contribution in [1.82, 2.24) is 9.88 Å². The Morgan fingerprint density at radius 3 is 2.41 bits per heavy atom. The topological polar surface area (TPSA) is 88.5 Å². The Labute approximate surface area is 230 Å². The van der Waals surface area contributed by atoms with Crippen LogP contribution in [0.2, 0.25) is 5.02 Å². The second kappa shape index (κ2) is 11.8. The van der Waals surface area contributed by atoms with E-state index in [4.69, 9.17) is 16.3 Å². The van der Waals surface area contributed by atoms with Gasteiger partial charge in [-0.1, -0.05) is 72.3 Å². The van der Waals surface area contributed by atoms with Crippen LogP contribution in [0.25, 0.3) is 10.9 Å². The molecule has 4 aromatic carbocycles. The number of amides is 1. The molecule has 0 aliphatic heterocycles. The second-order valence-electron chi connectivity index (χ2n) is 9.18. The molecule has 5 aromatic rings. The molecular formula is C31H26ClN3O4. The number of aromatic amines is 1. The van der Waals surface area contributed by atoms with E-state index in [1.807, 2.05) is 79.0 Å². The van der Waals surface area contributed by atoms with Crippen LogP contribution < -0.4 is 4.74 Å². The van der Waals surface area contributed by atoms with Gasteiger partial charge in [-0.3, -0.25) is 14.9 Å². The van der Waals surface area contributed by atoms with E-state index in [2.05, 4.69) is 11.1 Å². The van der Waals surface area contributed by atoms with Gasteiger partial charge in [-0.15, -0.1) is 0 Å². The molecule has 0 saturated carbocycles. The number of nitro benzene ring substituents is 1. The summed E-state index contributed by atoms with van der Waals surface area (Å²) in [6.07, 6.45) is 2.59. The standard InChI is InChI=1S/C31H26ClN3O4/c32-29-18-25(35(37)38)12-15-28(29)31(36)34(17-16-24-19-33-30-9-5-4-8-27(24)30)20-22-10-13-26(14-11-22)39-21-23-6-2-1-3-7-23/h1-15,18-19,33H,16-17,20-21H2. The first-order valence-electron chi connectivity index (χ1n) is 12.5. The molecule has 0 saturated heterocycles. The summed E-state index contributed by atoms with van der Waals surface area (Å²) >= 11 is 6.33. The number of nitro groups is 1. The van der Waals surface area contributed by atoms with E-state index in [0.29, 0.717) is 26.1 Å². The SMILES string of the molecule is O=C(c1ccc([N+](=O)[O-])cc1Cl)N(CCc1c[nH]c2ccccc12)Cc1ccc(OCc2ccccc2)cc1. The summed E-state index contributed by atoms with van der Waals surface area (Å²) in [4.78, 5) is 29.2. The summed E-state index contributed by atoms with van der Waals surface area (Å²) < 4.78 is 5.90. The van der Waals surface area contributed by atoms with Crippen LogP contribution in [0.4, 0.5) is 5.69 Å². The average Bonchev–Trinajstić information content (AvgIpc) is 3.38. The molecule has 0 fully saturated rings. The Morgan fingerprint density at radius 2 is 1.67 bits per heavy atom. The van der Waals surface area contributed by atoms with Gasteiger partial charge < -0.3 is 14.6 Å². The number of non-ortho nitro benzene ring substituents is 1. The molecule has 0 radical (unpaired) electrons. The van der Waals surface area contributed by atoms with E-state index in [9.17, 15) is 14.9 Å². The minimum Gasteiger partial charge on any atom is -0.489 e. The molecule has 196 valence electrons. The number of hydrogen-bond acceptors (Lipinski definition) is 4. The fraction of sp³-hybridized carbons (Fsp3) is 0.129. The molecule has 0 unspecified atom stereocenters. The molecule has 1 N–H and O–H groups in total. The number of carbonyl (C=O) groups is 1.